The van der Waals surface area contributed by atoms with Crippen molar-refractivity contribution in [2.45, 2.75) is 25.9 Å². The Balaban J connectivity index is 1.47. The average Bonchev–Trinajstić information content (AvgIpc) is 3.08. The summed E-state index contributed by atoms with van der Waals surface area (Å²) in [5, 5.41) is 2.70. The Morgan fingerprint density at radius 3 is 2.43 bits per heavy atom. The molecule has 1 N–H and O–H groups in total. The van der Waals surface area contributed by atoms with Crippen LogP contribution in [0.2, 0.25) is 0 Å². The molecule has 2 amide bonds. The number of para-hydroxylation sites is 1. The van der Waals surface area contributed by atoms with E-state index in [2.05, 4.69) is 5.32 Å². The van der Waals surface area contributed by atoms with E-state index in [0.29, 0.717) is 18.8 Å². The van der Waals surface area contributed by atoms with Gasteiger partial charge in [-0.05, 0) is 31.0 Å². The number of amides is 2. The first-order valence-electron chi connectivity index (χ1n) is 9.41. The summed E-state index contributed by atoms with van der Waals surface area (Å²) in [7, 11) is 0. The molecule has 6 nitrogen and oxygen atoms in total. The molecule has 3 rings (SSSR count). The lowest BCUT2D eigenvalue weighted by Gasteiger charge is -2.18. The summed E-state index contributed by atoms with van der Waals surface area (Å²) in [6.07, 6.45) is -0.0635. The number of hydrogen-bond acceptors (Lipinski definition) is 4. The molecule has 1 heterocycles. The Bertz CT molecular complexity index is 823. The fourth-order valence-electron chi connectivity index (χ4n) is 3.14. The molecule has 0 radical (unpaired) electrons. The molecule has 1 aliphatic heterocycles. The SMILES string of the molecule is CC(OC(=O)C1CC(=O)N(CCc2ccccc2)C1)C(=O)Nc1ccccc1. The van der Waals surface area contributed by atoms with Crippen LogP contribution in [0, 0.1) is 5.92 Å². The zero-order valence-electron chi connectivity index (χ0n) is 15.8. The van der Waals surface area contributed by atoms with Crippen LogP contribution in [0.4, 0.5) is 5.69 Å². The lowest BCUT2D eigenvalue weighted by molar-refractivity contribution is -0.157. The van der Waals surface area contributed by atoms with Gasteiger partial charge in [-0.2, -0.15) is 0 Å². The van der Waals surface area contributed by atoms with Crippen LogP contribution in [0.25, 0.3) is 0 Å². The highest BCUT2D eigenvalue weighted by Crippen LogP contribution is 2.20. The number of esters is 1. The molecule has 2 aromatic carbocycles. The van der Waals surface area contributed by atoms with Crippen molar-refractivity contribution in [3.63, 3.8) is 0 Å². The molecule has 2 aromatic rings. The largest absolute Gasteiger partial charge is 0.452 e. The first-order valence-corrected chi connectivity index (χ1v) is 9.41. The number of anilines is 1. The second-order valence-corrected chi connectivity index (χ2v) is 6.91. The maximum absolute atomic E-state index is 12.4. The van der Waals surface area contributed by atoms with Gasteiger partial charge in [-0.15, -0.1) is 0 Å². The number of nitrogens with zero attached hydrogens (tertiary/aromatic N) is 1. The summed E-state index contributed by atoms with van der Waals surface area (Å²) >= 11 is 0. The first-order chi connectivity index (χ1) is 13.5. The van der Waals surface area contributed by atoms with E-state index in [-0.39, 0.29) is 12.3 Å². The van der Waals surface area contributed by atoms with Gasteiger partial charge < -0.3 is 15.0 Å². The molecule has 0 bridgehead atoms. The molecule has 0 saturated carbocycles. The van der Waals surface area contributed by atoms with E-state index in [4.69, 9.17) is 4.74 Å². The van der Waals surface area contributed by atoms with Crippen LogP contribution in [0.15, 0.2) is 60.7 Å². The highest BCUT2D eigenvalue weighted by atomic mass is 16.5. The van der Waals surface area contributed by atoms with Crippen LogP contribution in [0.5, 0.6) is 0 Å². The fourth-order valence-corrected chi connectivity index (χ4v) is 3.14. The van der Waals surface area contributed by atoms with Gasteiger partial charge in [-0.1, -0.05) is 48.5 Å². The lowest BCUT2D eigenvalue weighted by atomic mass is 10.1. The Hall–Kier alpha value is -3.15. The third kappa shape index (κ3) is 5.19. The number of nitrogens with one attached hydrogen (secondary N) is 1. The van der Waals surface area contributed by atoms with Crippen LogP contribution >= 0.6 is 0 Å². The number of rotatable bonds is 7. The number of benzene rings is 2. The van der Waals surface area contributed by atoms with Crippen LogP contribution in [0.1, 0.15) is 18.9 Å². The van der Waals surface area contributed by atoms with E-state index < -0.39 is 23.9 Å². The Kier molecular flexibility index (Phi) is 6.42. The second-order valence-electron chi connectivity index (χ2n) is 6.91. The maximum Gasteiger partial charge on any atom is 0.312 e. The molecule has 1 saturated heterocycles. The van der Waals surface area contributed by atoms with E-state index in [1.54, 1.807) is 29.2 Å². The normalized spacial score (nSPS) is 17.2. The standard InChI is InChI=1S/C22H24N2O4/c1-16(21(26)23-19-10-6-3-7-11-19)28-22(27)18-14-20(25)24(15-18)13-12-17-8-4-2-5-9-17/h2-11,16,18H,12-15H2,1H3,(H,23,26). The van der Waals surface area contributed by atoms with Crippen molar-refractivity contribution >= 4 is 23.5 Å². The Morgan fingerprint density at radius 2 is 1.75 bits per heavy atom. The van der Waals surface area contributed by atoms with Crippen LogP contribution in [-0.2, 0) is 25.5 Å². The summed E-state index contributed by atoms with van der Waals surface area (Å²) in [4.78, 5) is 38.5. The molecule has 0 aliphatic carbocycles. The van der Waals surface area contributed by atoms with Crippen LogP contribution in [0.3, 0.4) is 0 Å². The van der Waals surface area contributed by atoms with Gasteiger partial charge in [0.25, 0.3) is 5.91 Å². The van der Waals surface area contributed by atoms with Crippen LogP contribution in [-0.4, -0.2) is 41.9 Å². The monoisotopic (exact) mass is 380 g/mol. The van der Waals surface area contributed by atoms with Gasteiger partial charge in [-0.3, -0.25) is 14.4 Å². The topological polar surface area (TPSA) is 75.7 Å². The summed E-state index contributed by atoms with van der Waals surface area (Å²) < 4.78 is 5.30. The van der Waals surface area contributed by atoms with Gasteiger partial charge in [0.2, 0.25) is 5.91 Å². The summed E-state index contributed by atoms with van der Waals surface area (Å²) in [5.74, 6) is -1.49. The zero-order valence-corrected chi connectivity index (χ0v) is 15.8. The Labute approximate surface area is 164 Å². The number of ether oxygens (including phenoxy) is 1. The molecular formula is C22H24N2O4. The van der Waals surface area contributed by atoms with Crippen molar-refractivity contribution in [1.29, 1.82) is 0 Å². The van der Waals surface area contributed by atoms with Crippen molar-refractivity contribution in [3.05, 3.63) is 66.2 Å². The highest BCUT2D eigenvalue weighted by Gasteiger charge is 2.36. The number of likely N-dealkylation sites (tertiary alicyclic amines) is 1. The molecule has 146 valence electrons. The molecule has 6 heteroatoms. The lowest BCUT2D eigenvalue weighted by Crippen LogP contribution is -2.33. The summed E-state index contributed by atoms with van der Waals surface area (Å²) in [5.41, 5.74) is 1.78. The van der Waals surface area contributed by atoms with E-state index in [1.165, 1.54) is 6.92 Å². The van der Waals surface area contributed by atoms with Gasteiger partial charge in [0.05, 0.1) is 5.92 Å². The van der Waals surface area contributed by atoms with Gasteiger partial charge in [-0.25, -0.2) is 0 Å². The molecular weight excluding hydrogens is 356 g/mol. The summed E-state index contributed by atoms with van der Waals surface area (Å²) in [6.45, 7) is 2.42. The molecule has 28 heavy (non-hydrogen) atoms. The maximum atomic E-state index is 12.4. The van der Waals surface area contributed by atoms with Crippen molar-refractivity contribution in [1.82, 2.24) is 4.90 Å². The minimum atomic E-state index is -0.929. The minimum Gasteiger partial charge on any atom is -0.452 e. The van der Waals surface area contributed by atoms with Crippen LogP contribution < -0.4 is 5.32 Å². The molecule has 2 atom stereocenters. The number of carbonyl (C=O) groups is 3. The number of carbonyl (C=O) groups excluding carboxylic acids is 3. The van der Waals surface area contributed by atoms with E-state index >= 15 is 0 Å². The first kappa shape index (κ1) is 19.6. The van der Waals surface area contributed by atoms with E-state index in [9.17, 15) is 14.4 Å². The van der Waals surface area contributed by atoms with Crippen molar-refractivity contribution in [2.24, 2.45) is 5.92 Å². The minimum absolute atomic E-state index is 0.0562. The van der Waals surface area contributed by atoms with E-state index in [0.717, 1.165) is 12.0 Å². The molecule has 0 spiro atoms. The third-order valence-electron chi connectivity index (χ3n) is 4.76. The average molecular weight is 380 g/mol. The third-order valence-corrected chi connectivity index (χ3v) is 4.76. The molecule has 2 unspecified atom stereocenters. The Morgan fingerprint density at radius 1 is 1.11 bits per heavy atom. The second kappa shape index (κ2) is 9.17. The number of hydrogen-bond donors (Lipinski definition) is 1. The van der Waals surface area contributed by atoms with E-state index in [1.807, 2.05) is 36.4 Å². The van der Waals surface area contributed by atoms with Gasteiger partial charge >= 0.3 is 5.97 Å². The van der Waals surface area contributed by atoms with Crippen molar-refractivity contribution in [2.75, 3.05) is 18.4 Å². The molecule has 0 aromatic heterocycles. The smallest absolute Gasteiger partial charge is 0.312 e. The zero-order chi connectivity index (χ0) is 19.9. The van der Waals surface area contributed by atoms with Gasteiger partial charge in [0.15, 0.2) is 6.10 Å². The predicted octanol–water partition coefficient (Wildman–Crippen LogP) is 2.65. The molecule has 1 aliphatic rings. The fraction of sp³-hybridized carbons (Fsp3) is 0.318. The predicted molar refractivity (Wildman–Crippen MR) is 105 cm³/mol. The van der Waals surface area contributed by atoms with Crippen molar-refractivity contribution < 1.29 is 19.1 Å². The van der Waals surface area contributed by atoms with Crippen molar-refractivity contribution in [3.8, 4) is 0 Å². The molecule has 1 fully saturated rings. The van der Waals surface area contributed by atoms with Gasteiger partial charge in [0.1, 0.15) is 0 Å². The van der Waals surface area contributed by atoms with Gasteiger partial charge in [0, 0.05) is 25.2 Å². The summed E-state index contributed by atoms with van der Waals surface area (Å²) in [6, 6.07) is 18.9. The highest BCUT2D eigenvalue weighted by molar-refractivity contribution is 5.95. The quantitative estimate of drug-likeness (QED) is 0.750.